The summed E-state index contributed by atoms with van der Waals surface area (Å²) in [5.74, 6) is 0. The Morgan fingerprint density at radius 2 is 1.96 bits per heavy atom. The number of nitrogens with zero attached hydrogens (tertiary/aromatic N) is 2. The molecule has 0 spiro atoms. The number of nitrogens with one attached hydrogen (secondary N) is 1. The second-order valence-electron chi connectivity index (χ2n) is 7.78. The molecule has 6 nitrogen and oxygen atoms in total. The Morgan fingerprint density at radius 1 is 1.19 bits per heavy atom. The average molecular weight is 365 g/mol. The van der Waals surface area contributed by atoms with Crippen LogP contribution in [0, 0.1) is 0 Å². The first-order chi connectivity index (χ1) is 12.9. The molecular formula is C21H23N3O3. The highest BCUT2D eigenvalue weighted by Gasteiger charge is 2.27. The van der Waals surface area contributed by atoms with Gasteiger partial charge in [-0.3, -0.25) is 4.90 Å². The van der Waals surface area contributed by atoms with Gasteiger partial charge in [0, 0.05) is 19.6 Å². The molecule has 0 atom stereocenters. The fraction of sp³-hybridized carbons (Fsp3) is 0.333. The summed E-state index contributed by atoms with van der Waals surface area (Å²) < 4.78 is 11.2. The van der Waals surface area contributed by atoms with Crippen molar-refractivity contribution in [2.75, 3.05) is 5.32 Å². The third-order valence-electron chi connectivity index (χ3n) is 4.38. The number of carbonyl (C=O) groups is 1. The van der Waals surface area contributed by atoms with E-state index in [1.807, 2.05) is 45.0 Å². The molecule has 3 aromatic rings. The predicted molar refractivity (Wildman–Crippen MR) is 103 cm³/mol. The molecule has 0 radical (unpaired) electrons. The first-order valence-electron chi connectivity index (χ1n) is 9.05. The number of anilines is 1. The molecule has 0 saturated carbocycles. The quantitative estimate of drug-likeness (QED) is 0.729. The van der Waals surface area contributed by atoms with Gasteiger partial charge in [-0.25, -0.2) is 4.79 Å². The smallest absolute Gasteiger partial charge is 0.410 e. The normalized spacial score (nSPS) is 13.7. The minimum absolute atomic E-state index is 0.273. The van der Waals surface area contributed by atoms with Gasteiger partial charge in [-0.15, -0.1) is 0 Å². The van der Waals surface area contributed by atoms with Crippen molar-refractivity contribution < 1.29 is 13.9 Å². The number of fused-ring (bicyclic) bond motifs is 2. The molecule has 140 valence electrons. The maximum absolute atomic E-state index is 12.3. The molecule has 4 rings (SSSR count). The van der Waals surface area contributed by atoms with Crippen molar-refractivity contribution in [3.8, 4) is 0 Å². The highest BCUT2D eigenvalue weighted by molar-refractivity contribution is 5.74. The summed E-state index contributed by atoms with van der Waals surface area (Å²) in [5, 5.41) is 3.22. The van der Waals surface area contributed by atoms with E-state index in [9.17, 15) is 4.79 Å². The summed E-state index contributed by atoms with van der Waals surface area (Å²) in [4.78, 5) is 18.4. The van der Waals surface area contributed by atoms with E-state index >= 15 is 0 Å². The molecule has 0 saturated heterocycles. The SMILES string of the molecule is CC(C)(C)OC(=O)N1Cc2ccc(CNc3nc4ccccc4o3)cc2C1. The maximum atomic E-state index is 12.3. The van der Waals surface area contributed by atoms with E-state index in [4.69, 9.17) is 9.15 Å². The number of hydrogen-bond donors (Lipinski definition) is 1. The van der Waals surface area contributed by atoms with Crippen LogP contribution in [0.3, 0.4) is 0 Å². The first-order valence-corrected chi connectivity index (χ1v) is 9.05. The van der Waals surface area contributed by atoms with E-state index in [-0.39, 0.29) is 6.09 Å². The van der Waals surface area contributed by atoms with Gasteiger partial charge in [-0.1, -0.05) is 30.3 Å². The molecule has 0 bridgehead atoms. The Bertz CT molecular complexity index is 955. The number of benzene rings is 2. The van der Waals surface area contributed by atoms with E-state index in [2.05, 4.69) is 28.5 Å². The lowest BCUT2D eigenvalue weighted by molar-refractivity contribution is 0.0242. The van der Waals surface area contributed by atoms with Gasteiger partial charge in [0.15, 0.2) is 5.58 Å². The summed E-state index contributed by atoms with van der Waals surface area (Å²) in [6, 6.07) is 14.4. The number of aromatic nitrogens is 1. The molecule has 2 aromatic carbocycles. The highest BCUT2D eigenvalue weighted by Crippen LogP contribution is 2.26. The Balaban J connectivity index is 1.41. The monoisotopic (exact) mass is 365 g/mol. The lowest BCUT2D eigenvalue weighted by Gasteiger charge is -2.24. The van der Waals surface area contributed by atoms with Gasteiger partial charge in [-0.2, -0.15) is 4.98 Å². The lowest BCUT2D eigenvalue weighted by atomic mass is 10.1. The summed E-state index contributed by atoms with van der Waals surface area (Å²) in [5.41, 5.74) is 4.54. The number of amides is 1. The molecular weight excluding hydrogens is 342 g/mol. The van der Waals surface area contributed by atoms with Crippen molar-refractivity contribution >= 4 is 23.2 Å². The lowest BCUT2D eigenvalue weighted by Crippen LogP contribution is -2.33. The van der Waals surface area contributed by atoms with E-state index in [1.54, 1.807) is 4.90 Å². The van der Waals surface area contributed by atoms with Crippen molar-refractivity contribution in [2.45, 2.75) is 46.0 Å². The van der Waals surface area contributed by atoms with Crippen LogP contribution in [0.5, 0.6) is 0 Å². The van der Waals surface area contributed by atoms with Crippen molar-refractivity contribution in [1.82, 2.24) is 9.88 Å². The molecule has 6 heteroatoms. The Kier molecular flexibility index (Phi) is 4.26. The van der Waals surface area contributed by atoms with Gasteiger partial charge < -0.3 is 14.5 Å². The van der Waals surface area contributed by atoms with Crippen LogP contribution < -0.4 is 5.32 Å². The second kappa shape index (κ2) is 6.61. The predicted octanol–water partition coefficient (Wildman–Crippen LogP) is 4.69. The highest BCUT2D eigenvalue weighted by atomic mass is 16.6. The van der Waals surface area contributed by atoms with Gasteiger partial charge in [0.2, 0.25) is 0 Å². The van der Waals surface area contributed by atoms with Crippen molar-refractivity contribution in [3.63, 3.8) is 0 Å². The maximum Gasteiger partial charge on any atom is 0.410 e. The first kappa shape index (κ1) is 17.4. The minimum Gasteiger partial charge on any atom is -0.444 e. The van der Waals surface area contributed by atoms with Gasteiger partial charge in [0.05, 0.1) is 0 Å². The zero-order valence-electron chi connectivity index (χ0n) is 15.8. The van der Waals surface area contributed by atoms with Crippen molar-refractivity contribution in [3.05, 3.63) is 59.2 Å². The average Bonchev–Trinajstić information content (AvgIpc) is 3.21. The van der Waals surface area contributed by atoms with Crippen LogP contribution in [-0.2, 0) is 24.4 Å². The fourth-order valence-corrected chi connectivity index (χ4v) is 3.14. The van der Waals surface area contributed by atoms with Gasteiger partial charge >= 0.3 is 6.09 Å². The van der Waals surface area contributed by atoms with Crippen LogP contribution in [0.4, 0.5) is 10.8 Å². The van der Waals surface area contributed by atoms with Crippen LogP contribution in [-0.4, -0.2) is 21.6 Å². The Hall–Kier alpha value is -3.02. The van der Waals surface area contributed by atoms with Crippen LogP contribution in [0.15, 0.2) is 46.9 Å². The summed E-state index contributed by atoms with van der Waals surface area (Å²) >= 11 is 0. The zero-order valence-corrected chi connectivity index (χ0v) is 15.8. The third kappa shape index (κ3) is 3.89. The van der Waals surface area contributed by atoms with Gasteiger partial charge in [-0.05, 0) is 49.6 Å². The zero-order chi connectivity index (χ0) is 19.0. The molecule has 27 heavy (non-hydrogen) atoms. The van der Waals surface area contributed by atoms with Crippen LogP contribution in [0.1, 0.15) is 37.5 Å². The topological polar surface area (TPSA) is 67.6 Å². The number of hydrogen-bond acceptors (Lipinski definition) is 5. The number of carbonyl (C=O) groups excluding carboxylic acids is 1. The van der Waals surface area contributed by atoms with Crippen LogP contribution >= 0.6 is 0 Å². The molecule has 0 aliphatic carbocycles. The largest absolute Gasteiger partial charge is 0.444 e. The molecule has 0 fully saturated rings. The summed E-state index contributed by atoms with van der Waals surface area (Å²) in [7, 11) is 0. The Morgan fingerprint density at radius 3 is 2.74 bits per heavy atom. The van der Waals surface area contributed by atoms with Gasteiger partial charge in [0.25, 0.3) is 6.01 Å². The molecule has 1 amide bonds. The number of oxazole rings is 1. The van der Waals surface area contributed by atoms with E-state index in [1.165, 1.54) is 0 Å². The van der Waals surface area contributed by atoms with Gasteiger partial charge in [0.1, 0.15) is 11.1 Å². The molecule has 1 aliphatic rings. The van der Waals surface area contributed by atoms with Crippen LogP contribution in [0.25, 0.3) is 11.1 Å². The fourth-order valence-electron chi connectivity index (χ4n) is 3.14. The Labute approximate surface area is 158 Å². The van der Waals surface area contributed by atoms with Crippen LogP contribution in [0.2, 0.25) is 0 Å². The minimum atomic E-state index is -0.486. The second-order valence-corrected chi connectivity index (χ2v) is 7.78. The molecule has 1 aliphatic heterocycles. The van der Waals surface area contributed by atoms with E-state index in [0.29, 0.717) is 25.6 Å². The third-order valence-corrected chi connectivity index (χ3v) is 4.38. The number of para-hydroxylation sites is 2. The number of rotatable bonds is 3. The molecule has 2 heterocycles. The van der Waals surface area contributed by atoms with Crippen molar-refractivity contribution in [1.29, 1.82) is 0 Å². The molecule has 0 unspecified atom stereocenters. The van der Waals surface area contributed by atoms with E-state index < -0.39 is 5.60 Å². The summed E-state index contributed by atoms with van der Waals surface area (Å²) in [6.07, 6.45) is -0.273. The van der Waals surface area contributed by atoms with E-state index in [0.717, 1.165) is 27.8 Å². The molecule has 1 aromatic heterocycles. The number of ether oxygens (including phenoxy) is 1. The molecule has 1 N–H and O–H groups in total. The van der Waals surface area contributed by atoms with Crippen molar-refractivity contribution in [2.24, 2.45) is 0 Å². The standard InChI is InChI=1S/C21H23N3O3/c1-21(2,3)27-20(25)24-12-15-9-8-14(10-16(15)13-24)11-22-19-23-17-6-4-5-7-18(17)26-19/h4-10H,11-13H2,1-3H3,(H,22,23). The summed E-state index contributed by atoms with van der Waals surface area (Å²) in [6.45, 7) is 7.40.